The third-order valence-electron chi connectivity index (χ3n) is 3.29. The summed E-state index contributed by atoms with van der Waals surface area (Å²) in [5.41, 5.74) is 1.24. The Morgan fingerprint density at radius 2 is 1.56 bits per heavy atom. The zero-order chi connectivity index (χ0) is 18.6. The van der Waals surface area contributed by atoms with E-state index in [0.717, 1.165) is 0 Å². The number of amides is 2. The summed E-state index contributed by atoms with van der Waals surface area (Å²) in [4.78, 5) is 39.8. The molecule has 0 aliphatic heterocycles. The number of ketones is 1. The zero-order valence-electron chi connectivity index (χ0n) is 14.7. The zero-order valence-corrected chi connectivity index (χ0v) is 14.7. The number of anilines is 1. The van der Waals surface area contributed by atoms with Gasteiger partial charge in [0.2, 0.25) is 0 Å². The topological polar surface area (TPSA) is 88.2 Å². The molecule has 0 saturated carbocycles. The molecule has 2 rings (SSSR count). The molecule has 0 radical (unpaired) electrons. The van der Waals surface area contributed by atoms with Crippen molar-refractivity contribution in [1.82, 2.24) is 10.3 Å². The monoisotopic (exact) mass is 339 g/mol. The van der Waals surface area contributed by atoms with Gasteiger partial charge in [-0.1, -0.05) is 0 Å². The van der Waals surface area contributed by atoms with Crippen LogP contribution in [0.4, 0.5) is 5.69 Å². The molecule has 0 bridgehead atoms. The fourth-order valence-corrected chi connectivity index (χ4v) is 2.09. The van der Waals surface area contributed by atoms with Gasteiger partial charge in [-0.2, -0.15) is 0 Å². The lowest BCUT2D eigenvalue weighted by molar-refractivity contribution is 0.0913. The minimum atomic E-state index is -0.393. The Hall–Kier alpha value is -3.02. The third kappa shape index (κ3) is 5.24. The van der Waals surface area contributed by atoms with Crippen LogP contribution in [0.2, 0.25) is 0 Å². The molecule has 0 aliphatic rings. The molecule has 1 aromatic heterocycles. The minimum absolute atomic E-state index is 0.0403. The van der Waals surface area contributed by atoms with E-state index in [4.69, 9.17) is 0 Å². The van der Waals surface area contributed by atoms with Crippen LogP contribution < -0.4 is 10.6 Å². The highest BCUT2D eigenvalue weighted by Gasteiger charge is 2.17. The number of rotatable bonds is 4. The summed E-state index contributed by atoms with van der Waals surface area (Å²) in [5, 5.41) is 5.53. The molecule has 0 atom stereocenters. The van der Waals surface area contributed by atoms with Gasteiger partial charge < -0.3 is 10.6 Å². The van der Waals surface area contributed by atoms with Crippen molar-refractivity contribution < 1.29 is 14.4 Å². The van der Waals surface area contributed by atoms with Crippen LogP contribution in [0.1, 0.15) is 58.9 Å². The number of hydrogen-bond acceptors (Lipinski definition) is 4. The second-order valence-corrected chi connectivity index (χ2v) is 6.72. The van der Waals surface area contributed by atoms with E-state index in [2.05, 4.69) is 15.6 Å². The Labute approximate surface area is 146 Å². The van der Waals surface area contributed by atoms with E-state index in [1.54, 1.807) is 24.3 Å². The Balaban J connectivity index is 2.13. The Morgan fingerprint density at radius 1 is 0.920 bits per heavy atom. The van der Waals surface area contributed by atoms with E-state index in [9.17, 15) is 14.4 Å². The molecule has 2 amide bonds. The van der Waals surface area contributed by atoms with Gasteiger partial charge in [0, 0.05) is 28.6 Å². The summed E-state index contributed by atoms with van der Waals surface area (Å²) in [7, 11) is 0. The summed E-state index contributed by atoms with van der Waals surface area (Å²) in [6.45, 7) is 7.08. The molecule has 0 saturated heterocycles. The SMILES string of the molecule is CC(=O)c1ccc(NC(=O)c2ccnc(C(=O)NC(C)(C)C)c2)cc1. The van der Waals surface area contributed by atoms with Gasteiger partial charge in [0.1, 0.15) is 5.69 Å². The fourth-order valence-electron chi connectivity index (χ4n) is 2.09. The molecule has 25 heavy (non-hydrogen) atoms. The molecule has 130 valence electrons. The second kappa shape index (κ2) is 7.25. The molecule has 6 heteroatoms. The number of benzene rings is 1. The Morgan fingerprint density at radius 3 is 2.12 bits per heavy atom. The highest BCUT2D eigenvalue weighted by atomic mass is 16.2. The van der Waals surface area contributed by atoms with Crippen molar-refractivity contribution in [2.24, 2.45) is 0 Å². The predicted octanol–water partition coefficient (Wildman–Crippen LogP) is 3.06. The van der Waals surface area contributed by atoms with Gasteiger partial charge in [-0.15, -0.1) is 0 Å². The predicted molar refractivity (Wildman–Crippen MR) is 95.9 cm³/mol. The molecule has 1 aromatic carbocycles. The van der Waals surface area contributed by atoms with Crippen molar-refractivity contribution in [3.8, 4) is 0 Å². The van der Waals surface area contributed by atoms with Crippen LogP contribution in [0, 0.1) is 0 Å². The van der Waals surface area contributed by atoms with Crippen LogP contribution in [-0.4, -0.2) is 28.1 Å². The number of aromatic nitrogens is 1. The van der Waals surface area contributed by atoms with Crippen LogP contribution in [0.25, 0.3) is 0 Å². The molecule has 1 heterocycles. The van der Waals surface area contributed by atoms with Crippen LogP contribution in [0.5, 0.6) is 0 Å². The van der Waals surface area contributed by atoms with E-state index in [0.29, 0.717) is 16.8 Å². The van der Waals surface area contributed by atoms with Gasteiger partial charge in [0.15, 0.2) is 5.78 Å². The summed E-state index contributed by atoms with van der Waals surface area (Å²) >= 11 is 0. The molecule has 2 aromatic rings. The highest BCUT2D eigenvalue weighted by molar-refractivity contribution is 6.06. The molecule has 0 spiro atoms. The first kappa shape index (κ1) is 18.3. The van der Waals surface area contributed by atoms with Crippen LogP contribution in [0.15, 0.2) is 42.6 Å². The van der Waals surface area contributed by atoms with Gasteiger partial charge >= 0.3 is 0 Å². The first-order valence-corrected chi connectivity index (χ1v) is 7.86. The quantitative estimate of drug-likeness (QED) is 0.838. The fraction of sp³-hybridized carbons (Fsp3) is 0.263. The summed E-state index contributed by atoms with van der Waals surface area (Å²) in [6, 6.07) is 9.58. The van der Waals surface area contributed by atoms with Crippen molar-refractivity contribution in [3.63, 3.8) is 0 Å². The summed E-state index contributed by atoms with van der Waals surface area (Å²) in [6.07, 6.45) is 1.42. The van der Waals surface area contributed by atoms with Crippen molar-refractivity contribution in [1.29, 1.82) is 0 Å². The van der Waals surface area contributed by atoms with Crippen molar-refractivity contribution >= 4 is 23.3 Å². The van der Waals surface area contributed by atoms with Gasteiger partial charge in [0.25, 0.3) is 11.8 Å². The average Bonchev–Trinajstić information content (AvgIpc) is 2.54. The maximum atomic E-state index is 12.4. The largest absolute Gasteiger partial charge is 0.346 e. The van der Waals surface area contributed by atoms with Crippen LogP contribution in [-0.2, 0) is 0 Å². The van der Waals surface area contributed by atoms with Crippen molar-refractivity contribution in [2.75, 3.05) is 5.32 Å². The molecule has 6 nitrogen and oxygen atoms in total. The molecular weight excluding hydrogens is 318 g/mol. The molecule has 2 N–H and O–H groups in total. The van der Waals surface area contributed by atoms with E-state index in [1.807, 2.05) is 20.8 Å². The van der Waals surface area contributed by atoms with Gasteiger partial charge in [-0.25, -0.2) is 0 Å². The van der Waals surface area contributed by atoms with Crippen LogP contribution >= 0.6 is 0 Å². The number of carbonyl (C=O) groups excluding carboxylic acids is 3. The maximum Gasteiger partial charge on any atom is 0.270 e. The first-order chi connectivity index (χ1) is 11.7. The highest BCUT2D eigenvalue weighted by Crippen LogP contribution is 2.12. The number of carbonyl (C=O) groups is 3. The number of pyridine rings is 1. The molecular formula is C19H21N3O3. The van der Waals surface area contributed by atoms with E-state index >= 15 is 0 Å². The lowest BCUT2D eigenvalue weighted by atomic mass is 10.1. The molecule has 0 unspecified atom stereocenters. The van der Waals surface area contributed by atoms with Gasteiger partial charge in [0.05, 0.1) is 0 Å². The normalized spacial score (nSPS) is 10.9. The Bertz CT molecular complexity index is 805. The minimum Gasteiger partial charge on any atom is -0.346 e. The van der Waals surface area contributed by atoms with E-state index < -0.39 is 5.54 Å². The maximum absolute atomic E-state index is 12.4. The lowest BCUT2D eigenvalue weighted by Crippen LogP contribution is -2.41. The number of nitrogens with zero attached hydrogens (tertiary/aromatic N) is 1. The van der Waals surface area contributed by atoms with Crippen molar-refractivity contribution in [3.05, 3.63) is 59.4 Å². The summed E-state index contributed by atoms with van der Waals surface area (Å²) in [5.74, 6) is -0.739. The number of hydrogen-bond donors (Lipinski definition) is 2. The van der Waals surface area contributed by atoms with Gasteiger partial charge in [-0.3, -0.25) is 19.4 Å². The summed E-state index contributed by atoms with van der Waals surface area (Å²) < 4.78 is 0. The Kier molecular flexibility index (Phi) is 5.32. The second-order valence-electron chi connectivity index (χ2n) is 6.72. The average molecular weight is 339 g/mol. The third-order valence-corrected chi connectivity index (χ3v) is 3.29. The molecule has 0 fully saturated rings. The first-order valence-electron chi connectivity index (χ1n) is 7.86. The van der Waals surface area contributed by atoms with Crippen LogP contribution in [0.3, 0.4) is 0 Å². The van der Waals surface area contributed by atoms with Crippen molar-refractivity contribution in [2.45, 2.75) is 33.2 Å². The van der Waals surface area contributed by atoms with E-state index in [-0.39, 0.29) is 23.3 Å². The molecule has 0 aliphatic carbocycles. The van der Waals surface area contributed by atoms with Gasteiger partial charge in [-0.05, 0) is 64.1 Å². The van der Waals surface area contributed by atoms with E-state index in [1.165, 1.54) is 25.3 Å². The standard InChI is InChI=1S/C19H21N3O3/c1-12(23)13-5-7-15(8-6-13)21-17(24)14-9-10-20-16(11-14)18(25)22-19(2,3)4/h5-11H,1-4H3,(H,21,24)(H,22,25). The smallest absolute Gasteiger partial charge is 0.270 e. The lowest BCUT2D eigenvalue weighted by Gasteiger charge is -2.20. The number of nitrogens with one attached hydrogen (secondary N) is 2. The number of Topliss-reactive ketones (excluding diaryl/α,β-unsaturated/α-hetero) is 1.